The van der Waals surface area contributed by atoms with Crippen LogP contribution in [0.15, 0.2) is 17.8 Å². The summed E-state index contributed by atoms with van der Waals surface area (Å²) >= 11 is 1.83. The zero-order chi connectivity index (χ0) is 18.0. The Hall–Kier alpha value is -1.24. The Kier molecular flexibility index (Phi) is 5.43. The molecule has 2 fully saturated rings. The summed E-state index contributed by atoms with van der Waals surface area (Å²) in [4.78, 5) is 12.2. The average molecular weight is 374 g/mol. The second-order valence-electron chi connectivity index (χ2n) is 7.85. The van der Waals surface area contributed by atoms with Crippen molar-refractivity contribution in [2.24, 2.45) is 5.41 Å². The van der Waals surface area contributed by atoms with Crippen molar-refractivity contribution in [1.29, 1.82) is 0 Å². The maximum absolute atomic E-state index is 4.89. The van der Waals surface area contributed by atoms with Gasteiger partial charge in [-0.25, -0.2) is 9.97 Å². The monoisotopic (exact) mass is 373 g/mol. The number of aryl methyl sites for hydroxylation is 2. The smallest absolute Gasteiger partial charge is 0.122 e. The van der Waals surface area contributed by atoms with E-state index in [-0.39, 0.29) is 0 Å². The summed E-state index contributed by atoms with van der Waals surface area (Å²) in [5, 5.41) is 7.04. The van der Waals surface area contributed by atoms with E-state index in [4.69, 9.17) is 4.98 Å². The molecular formula is C20H31N5S. The number of thiazole rings is 1. The number of rotatable bonds is 8. The topological polar surface area (TPSA) is 46.0 Å². The van der Waals surface area contributed by atoms with Gasteiger partial charge in [0.2, 0.25) is 0 Å². The molecule has 4 rings (SSSR count). The molecule has 1 aliphatic carbocycles. The van der Waals surface area contributed by atoms with E-state index in [1.54, 1.807) is 0 Å². The van der Waals surface area contributed by atoms with Crippen LogP contribution in [0.1, 0.15) is 56.1 Å². The molecule has 26 heavy (non-hydrogen) atoms. The van der Waals surface area contributed by atoms with Gasteiger partial charge in [-0.05, 0) is 51.1 Å². The maximum atomic E-state index is 4.89. The second-order valence-corrected chi connectivity index (χ2v) is 8.79. The van der Waals surface area contributed by atoms with Gasteiger partial charge in [0.1, 0.15) is 10.8 Å². The molecule has 1 N–H and O–H groups in total. The summed E-state index contributed by atoms with van der Waals surface area (Å²) in [5.74, 6) is 1.19. The van der Waals surface area contributed by atoms with Gasteiger partial charge in [-0.15, -0.1) is 11.3 Å². The summed E-state index contributed by atoms with van der Waals surface area (Å²) in [6.45, 7) is 9.65. The van der Waals surface area contributed by atoms with Crippen LogP contribution in [0.25, 0.3) is 0 Å². The van der Waals surface area contributed by atoms with Crippen molar-refractivity contribution in [1.82, 2.24) is 24.8 Å². The quantitative estimate of drug-likeness (QED) is 0.770. The molecule has 1 spiro atoms. The molecule has 1 unspecified atom stereocenters. The molecule has 0 amide bonds. The van der Waals surface area contributed by atoms with Gasteiger partial charge in [-0.3, -0.25) is 4.90 Å². The zero-order valence-electron chi connectivity index (χ0n) is 16.1. The first-order valence-corrected chi connectivity index (χ1v) is 11.0. The predicted molar refractivity (Wildman–Crippen MR) is 106 cm³/mol. The third kappa shape index (κ3) is 3.73. The van der Waals surface area contributed by atoms with Crippen LogP contribution in [0, 0.1) is 5.41 Å². The minimum atomic E-state index is 0.540. The third-order valence-corrected chi connectivity index (χ3v) is 7.00. The highest BCUT2D eigenvalue weighted by atomic mass is 32.1. The molecule has 1 atom stereocenters. The van der Waals surface area contributed by atoms with Crippen LogP contribution in [0.2, 0.25) is 0 Å². The molecule has 0 aromatic carbocycles. The number of nitrogens with zero attached hydrogens (tertiary/aromatic N) is 4. The van der Waals surface area contributed by atoms with Crippen LogP contribution < -0.4 is 5.32 Å². The molecule has 1 saturated carbocycles. The van der Waals surface area contributed by atoms with E-state index >= 15 is 0 Å². The lowest BCUT2D eigenvalue weighted by atomic mass is 9.93. The second kappa shape index (κ2) is 7.79. The highest BCUT2D eigenvalue weighted by molar-refractivity contribution is 7.09. The lowest BCUT2D eigenvalue weighted by Gasteiger charge is -2.29. The number of piperidine rings is 1. The Morgan fingerprint density at radius 2 is 2.15 bits per heavy atom. The largest absolute Gasteiger partial charge is 0.334 e. The molecule has 1 aliphatic heterocycles. The molecular weight excluding hydrogens is 342 g/mol. The van der Waals surface area contributed by atoms with Crippen molar-refractivity contribution in [2.45, 2.75) is 71.6 Å². The minimum absolute atomic E-state index is 0.540. The fraction of sp³-hybridized carbons (Fsp3) is 0.700. The van der Waals surface area contributed by atoms with Gasteiger partial charge >= 0.3 is 0 Å². The van der Waals surface area contributed by atoms with E-state index < -0.39 is 0 Å². The van der Waals surface area contributed by atoms with E-state index in [9.17, 15) is 0 Å². The van der Waals surface area contributed by atoms with E-state index in [2.05, 4.69) is 45.2 Å². The van der Waals surface area contributed by atoms with Gasteiger partial charge in [0.05, 0.1) is 18.8 Å². The Balaban J connectivity index is 1.51. The Bertz CT molecular complexity index is 715. The standard InChI is InChI=1S/C20H31N5S/c1-3-5-16-15-26-19(23-16)14-25(13-18-22-10-11-24(18)4-2)17-12-20(17)6-8-21-9-7-20/h10-11,15,17,21H,3-9,12-14H2,1-2H3. The summed E-state index contributed by atoms with van der Waals surface area (Å²) in [6, 6.07) is 0.685. The Morgan fingerprint density at radius 1 is 1.31 bits per heavy atom. The number of imidazole rings is 1. The first-order chi connectivity index (χ1) is 12.7. The van der Waals surface area contributed by atoms with Crippen molar-refractivity contribution in [2.75, 3.05) is 13.1 Å². The molecule has 6 heteroatoms. The summed E-state index contributed by atoms with van der Waals surface area (Å²) in [5.41, 5.74) is 1.80. The van der Waals surface area contributed by atoms with E-state index in [1.807, 2.05) is 17.5 Å². The van der Waals surface area contributed by atoms with Gasteiger partial charge in [0.25, 0.3) is 0 Å². The van der Waals surface area contributed by atoms with Gasteiger partial charge < -0.3 is 9.88 Å². The van der Waals surface area contributed by atoms with Crippen LogP contribution in [-0.2, 0) is 26.1 Å². The van der Waals surface area contributed by atoms with Gasteiger partial charge in [0, 0.05) is 30.4 Å². The lowest BCUT2D eigenvalue weighted by Crippen LogP contribution is -2.36. The number of nitrogens with one attached hydrogen (secondary N) is 1. The van der Waals surface area contributed by atoms with Crippen LogP contribution in [0.4, 0.5) is 0 Å². The fourth-order valence-corrected chi connectivity index (χ4v) is 5.36. The minimum Gasteiger partial charge on any atom is -0.334 e. The predicted octanol–water partition coefficient (Wildman–Crippen LogP) is 3.46. The van der Waals surface area contributed by atoms with Crippen molar-refractivity contribution in [3.63, 3.8) is 0 Å². The molecule has 1 saturated heterocycles. The normalized spacial score (nSPS) is 21.6. The maximum Gasteiger partial charge on any atom is 0.122 e. The summed E-state index contributed by atoms with van der Waals surface area (Å²) in [7, 11) is 0. The first kappa shape index (κ1) is 18.1. The van der Waals surface area contributed by atoms with E-state index in [0.29, 0.717) is 11.5 Å². The number of hydrogen-bond donors (Lipinski definition) is 1. The molecule has 3 heterocycles. The molecule has 5 nitrogen and oxygen atoms in total. The van der Waals surface area contributed by atoms with Crippen molar-refractivity contribution >= 4 is 11.3 Å². The fourth-order valence-electron chi connectivity index (χ4n) is 4.51. The molecule has 0 radical (unpaired) electrons. The van der Waals surface area contributed by atoms with Crippen molar-refractivity contribution in [3.8, 4) is 0 Å². The highest BCUT2D eigenvalue weighted by Crippen LogP contribution is 2.56. The van der Waals surface area contributed by atoms with Crippen LogP contribution in [0.3, 0.4) is 0 Å². The first-order valence-electron chi connectivity index (χ1n) is 10.1. The average Bonchev–Trinajstić information content (AvgIpc) is 3.01. The summed E-state index contributed by atoms with van der Waals surface area (Å²) < 4.78 is 2.27. The highest BCUT2D eigenvalue weighted by Gasteiger charge is 2.56. The van der Waals surface area contributed by atoms with Gasteiger partial charge in [0.15, 0.2) is 0 Å². The molecule has 142 valence electrons. The SMILES string of the molecule is CCCc1csc(CN(Cc2nccn2CC)C2CC23CCNCC3)n1. The third-order valence-electron chi connectivity index (χ3n) is 6.12. The van der Waals surface area contributed by atoms with E-state index in [1.165, 1.54) is 55.3 Å². The summed E-state index contributed by atoms with van der Waals surface area (Å²) in [6.07, 6.45) is 10.3. The van der Waals surface area contributed by atoms with Crippen LogP contribution in [0.5, 0.6) is 0 Å². The van der Waals surface area contributed by atoms with Crippen LogP contribution >= 0.6 is 11.3 Å². The van der Waals surface area contributed by atoms with Gasteiger partial charge in [-0.2, -0.15) is 0 Å². The molecule has 2 aromatic heterocycles. The molecule has 2 aliphatic rings. The number of aromatic nitrogens is 3. The van der Waals surface area contributed by atoms with E-state index in [0.717, 1.165) is 26.1 Å². The Labute approximate surface area is 160 Å². The molecule has 0 bridgehead atoms. The zero-order valence-corrected chi connectivity index (χ0v) is 16.9. The lowest BCUT2D eigenvalue weighted by molar-refractivity contribution is 0.182. The van der Waals surface area contributed by atoms with Gasteiger partial charge in [-0.1, -0.05) is 13.3 Å². The van der Waals surface area contributed by atoms with Crippen molar-refractivity contribution in [3.05, 3.63) is 34.3 Å². The Morgan fingerprint density at radius 3 is 2.92 bits per heavy atom. The van der Waals surface area contributed by atoms with Crippen molar-refractivity contribution < 1.29 is 0 Å². The number of hydrogen-bond acceptors (Lipinski definition) is 5. The van der Waals surface area contributed by atoms with Crippen LogP contribution in [-0.4, -0.2) is 38.6 Å². The molecule has 2 aromatic rings.